The zero-order valence-electron chi connectivity index (χ0n) is 22.4. The van der Waals surface area contributed by atoms with Gasteiger partial charge in [-0.2, -0.15) is 0 Å². The topological polar surface area (TPSA) is 103 Å². The maximum atomic E-state index is 13.7. The molecule has 1 aliphatic heterocycles. The first-order chi connectivity index (χ1) is 18.7. The summed E-state index contributed by atoms with van der Waals surface area (Å²) in [4.78, 5) is 35.0. The van der Waals surface area contributed by atoms with Gasteiger partial charge in [-0.1, -0.05) is 61.5 Å². The van der Waals surface area contributed by atoms with Crippen LogP contribution in [0.4, 0.5) is 5.82 Å². The molecule has 2 heterocycles. The van der Waals surface area contributed by atoms with Crippen LogP contribution in [0.3, 0.4) is 0 Å². The van der Waals surface area contributed by atoms with Crippen LogP contribution in [0.2, 0.25) is 5.02 Å². The first-order valence-corrected chi connectivity index (χ1v) is 13.8. The molecule has 0 spiro atoms. The fraction of sp³-hybridized carbons (Fsp3) is 0.345. The summed E-state index contributed by atoms with van der Waals surface area (Å²) in [7, 11) is 4.60. The second-order valence-corrected chi connectivity index (χ2v) is 11.7. The number of Topliss-reactive ketones (excluding diaryl/α,β-unsaturated/α-hetero) is 1. The number of benzene rings is 2. The number of nitrogens with one attached hydrogen (secondary N) is 2. The van der Waals surface area contributed by atoms with Crippen LogP contribution in [-0.4, -0.2) is 37.1 Å². The third kappa shape index (κ3) is 5.13. The van der Waals surface area contributed by atoms with E-state index in [2.05, 4.69) is 16.4 Å². The van der Waals surface area contributed by atoms with Crippen LogP contribution in [0.25, 0.3) is 0 Å². The van der Waals surface area contributed by atoms with Gasteiger partial charge in [-0.05, 0) is 34.7 Å². The molecular formula is C29H30ClN3O5S. The first-order valence-electron chi connectivity index (χ1n) is 12.5. The lowest BCUT2D eigenvalue weighted by Gasteiger charge is -2.40. The average molecular weight is 568 g/mol. The number of aromatic nitrogens is 2. The second kappa shape index (κ2) is 10.6. The molecule has 0 amide bonds. The van der Waals surface area contributed by atoms with Crippen molar-refractivity contribution in [3.63, 3.8) is 0 Å². The van der Waals surface area contributed by atoms with Gasteiger partial charge in [0.15, 0.2) is 16.7 Å². The van der Waals surface area contributed by atoms with Crippen molar-refractivity contribution in [2.45, 2.75) is 37.1 Å². The van der Waals surface area contributed by atoms with Crippen molar-refractivity contribution >= 4 is 35.0 Å². The molecule has 1 aromatic heterocycles. The molecule has 204 valence electrons. The molecule has 0 saturated carbocycles. The Labute approximate surface area is 236 Å². The molecule has 2 atom stereocenters. The number of hydrogen-bond acceptors (Lipinski definition) is 8. The predicted octanol–water partition coefficient (Wildman–Crippen LogP) is 5.80. The fourth-order valence-corrected chi connectivity index (χ4v) is 6.54. The molecule has 2 unspecified atom stereocenters. The minimum atomic E-state index is -0.608. The number of methoxy groups -OCH3 is 3. The van der Waals surface area contributed by atoms with E-state index < -0.39 is 11.8 Å². The molecular weight excluding hydrogens is 538 g/mol. The molecule has 10 heteroatoms. The van der Waals surface area contributed by atoms with E-state index in [4.69, 9.17) is 30.8 Å². The summed E-state index contributed by atoms with van der Waals surface area (Å²) < 4.78 is 16.7. The molecule has 0 saturated heterocycles. The van der Waals surface area contributed by atoms with Crippen LogP contribution in [0.15, 0.2) is 58.1 Å². The van der Waals surface area contributed by atoms with Gasteiger partial charge in [-0.3, -0.25) is 9.59 Å². The SMILES string of the molecule is COc1cc(C2c3c(nc(SCc4ccccc4Cl)[nH]c3=O)NC3=CC(C)(C)CC(=O)C32)cc(OC)c1OC. The summed E-state index contributed by atoms with van der Waals surface area (Å²) in [5.41, 5.74) is 2.11. The van der Waals surface area contributed by atoms with Crippen molar-refractivity contribution in [2.24, 2.45) is 11.3 Å². The van der Waals surface area contributed by atoms with E-state index in [9.17, 15) is 9.59 Å². The Hall–Kier alpha value is -3.43. The fourth-order valence-electron chi connectivity index (χ4n) is 5.39. The first kappa shape index (κ1) is 27.1. The number of H-pyrrole nitrogens is 1. The zero-order chi connectivity index (χ0) is 27.9. The Kier molecular flexibility index (Phi) is 7.39. The number of carbonyl (C=O) groups excluding carboxylic acids is 1. The second-order valence-electron chi connectivity index (χ2n) is 10.3. The highest BCUT2D eigenvalue weighted by atomic mass is 35.5. The largest absolute Gasteiger partial charge is 0.493 e. The maximum Gasteiger partial charge on any atom is 0.257 e. The summed E-state index contributed by atoms with van der Waals surface area (Å²) in [6.45, 7) is 4.05. The molecule has 1 aliphatic carbocycles. The average Bonchev–Trinajstić information content (AvgIpc) is 2.89. The van der Waals surface area contributed by atoms with Crippen LogP contribution < -0.4 is 25.1 Å². The van der Waals surface area contributed by atoms with Crippen molar-refractivity contribution in [3.05, 3.63) is 80.2 Å². The van der Waals surface area contributed by atoms with Crippen LogP contribution in [-0.2, 0) is 10.5 Å². The van der Waals surface area contributed by atoms with E-state index in [0.717, 1.165) is 11.3 Å². The van der Waals surface area contributed by atoms with Gasteiger partial charge in [0.25, 0.3) is 5.56 Å². The number of anilines is 1. The van der Waals surface area contributed by atoms with E-state index in [0.29, 0.717) is 56.5 Å². The van der Waals surface area contributed by atoms with Gasteiger partial charge in [0.05, 0.1) is 32.8 Å². The number of nitrogens with zero attached hydrogens (tertiary/aromatic N) is 1. The highest BCUT2D eigenvalue weighted by Gasteiger charge is 2.46. The lowest BCUT2D eigenvalue weighted by atomic mass is 9.67. The Bertz CT molecular complexity index is 1510. The molecule has 0 bridgehead atoms. The van der Waals surface area contributed by atoms with Gasteiger partial charge in [0.1, 0.15) is 11.6 Å². The van der Waals surface area contributed by atoms with Gasteiger partial charge in [0.2, 0.25) is 5.75 Å². The molecule has 39 heavy (non-hydrogen) atoms. The van der Waals surface area contributed by atoms with Gasteiger partial charge in [-0.25, -0.2) is 4.98 Å². The van der Waals surface area contributed by atoms with Gasteiger partial charge in [0, 0.05) is 28.8 Å². The van der Waals surface area contributed by atoms with Gasteiger partial charge in [-0.15, -0.1) is 0 Å². The standard InChI is InChI=1S/C29H30ClN3O5S/c1-29(2)12-18-23(19(34)13-29)22(16-10-20(36-3)25(38-5)21(11-16)37-4)24-26(31-18)32-28(33-27(24)35)39-14-15-8-6-7-9-17(15)30/h6-12,22-23H,13-14H2,1-5H3,(H2,31,32,33,35). The lowest BCUT2D eigenvalue weighted by Crippen LogP contribution is -2.41. The number of allylic oxidation sites excluding steroid dienone is 2. The zero-order valence-corrected chi connectivity index (χ0v) is 24.0. The third-order valence-corrected chi connectivity index (χ3v) is 8.36. The minimum absolute atomic E-state index is 0.0472. The molecule has 3 aromatic rings. The van der Waals surface area contributed by atoms with Crippen molar-refractivity contribution in [2.75, 3.05) is 26.6 Å². The van der Waals surface area contributed by atoms with Gasteiger partial charge < -0.3 is 24.5 Å². The number of ketones is 1. The Balaban J connectivity index is 1.65. The molecule has 5 rings (SSSR count). The summed E-state index contributed by atoms with van der Waals surface area (Å²) in [6.07, 6.45) is 2.43. The number of hydrogen-bond donors (Lipinski definition) is 2. The van der Waals surface area contributed by atoms with Gasteiger partial charge >= 0.3 is 0 Å². The summed E-state index contributed by atoms with van der Waals surface area (Å²) >= 11 is 7.71. The molecule has 2 aromatic carbocycles. The van der Waals surface area contributed by atoms with Crippen molar-refractivity contribution < 1.29 is 19.0 Å². The molecule has 0 fully saturated rings. The van der Waals surface area contributed by atoms with Crippen LogP contribution in [0.1, 0.15) is 42.9 Å². The summed E-state index contributed by atoms with van der Waals surface area (Å²) in [5, 5.41) is 4.45. The molecule has 2 N–H and O–H groups in total. The smallest absolute Gasteiger partial charge is 0.257 e. The van der Waals surface area contributed by atoms with Crippen molar-refractivity contribution in [1.29, 1.82) is 0 Å². The molecule has 0 radical (unpaired) electrons. The monoisotopic (exact) mass is 567 g/mol. The number of halogens is 1. The molecule has 8 nitrogen and oxygen atoms in total. The van der Waals surface area contributed by atoms with E-state index in [1.165, 1.54) is 33.1 Å². The van der Waals surface area contributed by atoms with E-state index >= 15 is 0 Å². The Morgan fingerprint density at radius 1 is 1.05 bits per heavy atom. The predicted molar refractivity (Wildman–Crippen MR) is 152 cm³/mol. The van der Waals surface area contributed by atoms with E-state index in [1.54, 1.807) is 12.1 Å². The maximum absolute atomic E-state index is 13.7. The van der Waals surface area contributed by atoms with Crippen molar-refractivity contribution in [3.8, 4) is 17.2 Å². The highest BCUT2D eigenvalue weighted by molar-refractivity contribution is 7.98. The number of carbonyl (C=O) groups is 1. The molecule has 2 aliphatic rings. The van der Waals surface area contributed by atoms with Crippen LogP contribution in [0, 0.1) is 11.3 Å². The number of thioether (sulfide) groups is 1. The minimum Gasteiger partial charge on any atom is -0.493 e. The quantitative estimate of drug-likeness (QED) is 0.273. The number of fused-ring (bicyclic) bond motifs is 2. The summed E-state index contributed by atoms with van der Waals surface area (Å²) in [5.74, 6) is 1.13. The van der Waals surface area contributed by atoms with E-state index in [-0.39, 0.29) is 16.8 Å². The normalized spacial score (nSPS) is 19.3. The van der Waals surface area contributed by atoms with Crippen molar-refractivity contribution in [1.82, 2.24) is 9.97 Å². The van der Waals surface area contributed by atoms with Crippen LogP contribution in [0.5, 0.6) is 17.2 Å². The third-order valence-electron chi connectivity index (χ3n) is 7.07. The highest BCUT2D eigenvalue weighted by Crippen LogP contribution is 2.50. The Morgan fingerprint density at radius 3 is 2.38 bits per heavy atom. The van der Waals surface area contributed by atoms with E-state index in [1.807, 2.05) is 38.1 Å². The van der Waals surface area contributed by atoms with Crippen LogP contribution >= 0.6 is 23.4 Å². The number of aromatic amines is 1. The summed E-state index contributed by atoms with van der Waals surface area (Å²) in [6, 6.07) is 11.2. The number of rotatable bonds is 7. The number of ether oxygens (including phenoxy) is 3. The Morgan fingerprint density at radius 2 is 1.74 bits per heavy atom. The lowest BCUT2D eigenvalue weighted by molar-refractivity contribution is -0.124.